The molecule has 0 saturated carbocycles. The molecule has 0 saturated heterocycles. The molecule has 0 N–H and O–H groups in total. The number of aryl methyl sites for hydroxylation is 1. The lowest BCUT2D eigenvalue weighted by Crippen LogP contribution is -2.11. The van der Waals surface area contributed by atoms with Gasteiger partial charge >= 0.3 is 5.97 Å². The van der Waals surface area contributed by atoms with Gasteiger partial charge in [-0.05, 0) is 37.5 Å². The van der Waals surface area contributed by atoms with Crippen LogP contribution in [-0.2, 0) is 20.7 Å². The summed E-state index contributed by atoms with van der Waals surface area (Å²) in [5.41, 5.74) is 1.37. The van der Waals surface area contributed by atoms with Crippen LogP contribution in [0.1, 0.15) is 64.4 Å². The summed E-state index contributed by atoms with van der Waals surface area (Å²) >= 11 is 0. The summed E-state index contributed by atoms with van der Waals surface area (Å²) < 4.78 is 15.8. The Bertz CT molecular complexity index is 442. The highest BCUT2D eigenvalue weighted by Crippen LogP contribution is 2.15. The summed E-state index contributed by atoms with van der Waals surface area (Å²) in [5.74, 6) is 0.644. The maximum absolute atomic E-state index is 11.1. The maximum atomic E-state index is 11.1. The lowest BCUT2D eigenvalue weighted by Gasteiger charge is -2.08. The highest BCUT2D eigenvalue weighted by atomic mass is 16.5. The van der Waals surface area contributed by atoms with Gasteiger partial charge in [-0.1, -0.05) is 51.2 Å². The number of rotatable bonds is 15. The summed E-state index contributed by atoms with van der Waals surface area (Å²) in [6, 6.07) is 8.32. The second-order valence-electron chi connectivity index (χ2n) is 6.18. The zero-order valence-electron chi connectivity index (χ0n) is 15.9. The Morgan fingerprint density at radius 3 is 2.32 bits per heavy atom. The average molecular weight is 350 g/mol. The molecule has 0 amide bonds. The van der Waals surface area contributed by atoms with Crippen molar-refractivity contribution in [3.8, 4) is 5.75 Å². The van der Waals surface area contributed by atoms with Gasteiger partial charge < -0.3 is 14.2 Å². The summed E-state index contributed by atoms with van der Waals surface area (Å²) in [4.78, 5) is 11.1. The number of ether oxygens (including phenoxy) is 3. The van der Waals surface area contributed by atoms with Crippen LogP contribution in [0, 0.1) is 0 Å². The fourth-order valence-corrected chi connectivity index (χ4v) is 2.57. The van der Waals surface area contributed by atoms with Crippen LogP contribution in [0.15, 0.2) is 24.3 Å². The number of carbonyl (C=O) groups excluding carboxylic acids is 1. The monoisotopic (exact) mass is 350 g/mol. The van der Waals surface area contributed by atoms with Crippen molar-refractivity contribution in [3.05, 3.63) is 29.8 Å². The van der Waals surface area contributed by atoms with Crippen molar-refractivity contribution in [1.29, 1.82) is 0 Å². The van der Waals surface area contributed by atoms with E-state index in [1.165, 1.54) is 44.1 Å². The van der Waals surface area contributed by atoms with Crippen LogP contribution in [0.3, 0.4) is 0 Å². The van der Waals surface area contributed by atoms with Gasteiger partial charge in [0.1, 0.15) is 12.4 Å². The Hall–Kier alpha value is -1.55. The van der Waals surface area contributed by atoms with Gasteiger partial charge in [-0.15, -0.1) is 0 Å². The normalized spacial score (nSPS) is 10.6. The van der Waals surface area contributed by atoms with Gasteiger partial charge in [0.15, 0.2) is 0 Å². The number of hydrogen-bond acceptors (Lipinski definition) is 4. The van der Waals surface area contributed by atoms with Gasteiger partial charge in [0.25, 0.3) is 0 Å². The first kappa shape index (κ1) is 21.5. The SMILES string of the molecule is CCCCCCCCc1ccc(OCCOCCC(=O)OCC)cc1. The summed E-state index contributed by atoms with van der Waals surface area (Å²) in [6.45, 7) is 5.79. The topological polar surface area (TPSA) is 44.8 Å². The van der Waals surface area contributed by atoms with Gasteiger partial charge in [0, 0.05) is 0 Å². The zero-order valence-corrected chi connectivity index (χ0v) is 15.9. The molecule has 0 aliphatic rings. The molecule has 25 heavy (non-hydrogen) atoms. The van der Waals surface area contributed by atoms with Crippen molar-refractivity contribution in [2.75, 3.05) is 26.4 Å². The quantitative estimate of drug-likeness (QED) is 0.332. The van der Waals surface area contributed by atoms with Crippen molar-refractivity contribution >= 4 is 5.97 Å². The third kappa shape index (κ3) is 11.6. The molecule has 0 aliphatic heterocycles. The van der Waals surface area contributed by atoms with E-state index >= 15 is 0 Å². The molecular formula is C21H34O4. The highest BCUT2D eigenvalue weighted by molar-refractivity contribution is 5.69. The van der Waals surface area contributed by atoms with E-state index in [1.54, 1.807) is 6.92 Å². The van der Waals surface area contributed by atoms with Gasteiger partial charge in [-0.2, -0.15) is 0 Å². The molecule has 142 valence electrons. The fourth-order valence-electron chi connectivity index (χ4n) is 2.57. The van der Waals surface area contributed by atoms with E-state index < -0.39 is 0 Å². The third-order valence-electron chi connectivity index (χ3n) is 3.99. The van der Waals surface area contributed by atoms with Gasteiger partial charge in [0.05, 0.1) is 26.2 Å². The Labute approximate surface area is 152 Å². The molecule has 0 radical (unpaired) electrons. The number of esters is 1. The molecule has 4 heteroatoms. The van der Waals surface area contributed by atoms with Gasteiger partial charge in [0.2, 0.25) is 0 Å². The van der Waals surface area contributed by atoms with Crippen molar-refractivity contribution < 1.29 is 19.0 Å². The minimum Gasteiger partial charge on any atom is -0.491 e. The lowest BCUT2D eigenvalue weighted by molar-refractivity contribution is -0.144. The van der Waals surface area contributed by atoms with Crippen LogP contribution in [0.4, 0.5) is 0 Å². The number of unbranched alkanes of at least 4 members (excludes halogenated alkanes) is 5. The molecule has 0 bridgehead atoms. The van der Waals surface area contributed by atoms with E-state index in [0.717, 1.165) is 12.2 Å². The molecule has 0 spiro atoms. The molecule has 0 unspecified atom stereocenters. The first-order valence-corrected chi connectivity index (χ1v) is 9.71. The van der Waals surface area contributed by atoms with E-state index in [1.807, 2.05) is 12.1 Å². The highest BCUT2D eigenvalue weighted by Gasteiger charge is 2.01. The minimum atomic E-state index is -0.218. The van der Waals surface area contributed by atoms with E-state index in [9.17, 15) is 4.79 Å². The fraction of sp³-hybridized carbons (Fsp3) is 0.667. The van der Waals surface area contributed by atoms with E-state index in [4.69, 9.17) is 14.2 Å². The number of hydrogen-bond donors (Lipinski definition) is 0. The van der Waals surface area contributed by atoms with E-state index in [-0.39, 0.29) is 5.97 Å². The first-order valence-electron chi connectivity index (χ1n) is 9.71. The first-order chi connectivity index (χ1) is 12.3. The molecule has 1 aromatic carbocycles. The Morgan fingerprint density at radius 2 is 1.60 bits per heavy atom. The molecule has 1 rings (SSSR count). The van der Waals surface area contributed by atoms with Crippen LogP contribution < -0.4 is 4.74 Å². The van der Waals surface area contributed by atoms with Crippen LogP contribution in [0.5, 0.6) is 5.75 Å². The Balaban J connectivity index is 2.05. The molecule has 4 nitrogen and oxygen atoms in total. The summed E-state index contributed by atoms with van der Waals surface area (Å²) in [7, 11) is 0. The van der Waals surface area contributed by atoms with E-state index in [0.29, 0.717) is 32.8 Å². The molecular weight excluding hydrogens is 316 g/mol. The van der Waals surface area contributed by atoms with Crippen molar-refractivity contribution in [1.82, 2.24) is 0 Å². The largest absolute Gasteiger partial charge is 0.491 e. The second kappa shape index (κ2) is 14.8. The minimum absolute atomic E-state index is 0.218. The number of carbonyl (C=O) groups is 1. The Kier molecular flexibility index (Phi) is 12.7. The van der Waals surface area contributed by atoms with Crippen LogP contribution in [-0.4, -0.2) is 32.4 Å². The van der Waals surface area contributed by atoms with Crippen LogP contribution >= 0.6 is 0 Å². The van der Waals surface area contributed by atoms with Crippen molar-refractivity contribution in [3.63, 3.8) is 0 Å². The second-order valence-corrected chi connectivity index (χ2v) is 6.18. The lowest BCUT2D eigenvalue weighted by atomic mass is 10.0. The van der Waals surface area contributed by atoms with Gasteiger partial charge in [-0.25, -0.2) is 0 Å². The third-order valence-corrected chi connectivity index (χ3v) is 3.99. The molecule has 0 heterocycles. The molecule has 0 aromatic heterocycles. The summed E-state index contributed by atoms with van der Waals surface area (Å²) in [6.07, 6.45) is 9.40. The Morgan fingerprint density at radius 1 is 0.880 bits per heavy atom. The van der Waals surface area contributed by atoms with Gasteiger partial charge in [-0.3, -0.25) is 4.79 Å². The molecule has 1 aromatic rings. The number of benzene rings is 1. The predicted molar refractivity (Wildman–Crippen MR) is 101 cm³/mol. The molecule has 0 atom stereocenters. The van der Waals surface area contributed by atoms with E-state index in [2.05, 4.69) is 19.1 Å². The van der Waals surface area contributed by atoms with Crippen LogP contribution in [0.25, 0.3) is 0 Å². The summed E-state index contributed by atoms with van der Waals surface area (Å²) in [5, 5.41) is 0. The molecule has 0 aliphatic carbocycles. The standard InChI is InChI=1S/C21H34O4/c1-3-5-6-7-8-9-10-19-11-13-20(14-12-19)25-18-17-23-16-15-21(22)24-4-2/h11-14H,3-10,15-18H2,1-2H3. The smallest absolute Gasteiger partial charge is 0.308 e. The van der Waals surface area contributed by atoms with Crippen molar-refractivity contribution in [2.24, 2.45) is 0 Å². The zero-order chi connectivity index (χ0) is 18.2. The maximum Gasteiger partial charge on any atom is 0.308 e. The average Bonchev–Trinajstić information content (AvgIpc) is 2.62. The predicted octanol–water partition coefficient (Wildman–Crippen LogP) is 4.94. The molecule has 0 fully saturated rings. The van der Waals surface area contributed by atoms with Crippen LogP contribution in [0.2, 0.25) is 0 Å². The van der Waals surface area contributed by atoms with Crippen molar-refractivity contribution in [2.45, 2.75) is 65.2 Å².